The van der Waals surface area contributed by atoms with Gasteiger partial charge in [-0.05, 0) is 5.92 Å². The SMILES string of the molecule is CNc1snnc1CN1CC(C)CC1=O. The van der Waals surface area contributed by atoms with Crippen LogP contribution >= 0.6 is 11.5 Å². The maximum Gasteiger partial charge on any atom is 0.223 e. The Hall–Kier alpha value is -1.17. The topological polar surface area (TPSA) is 58.1 Å². The number of aromatic nitrogens is 2. The predicted octanol–water partition coefficient (Wildman–Crippen LogP) is 0.948. The number of hydrogen-bond acceptors (Lipinski definition) is 5. The quantitative estimate of drug-likeness (QED) is 0.833. The molecule has 1 aromatic heterocycles. The van der Waals surface area contributed by atoms with Crippen molar-refractivity contribution in [1.82, 2.24) is 14.5 Å². The van der Waals surface area contributed by atoms with Crippen LogP contribution < -0.4 is 5.32 Å². The van der Waals surface area contributed by atoms with E-state index in [9.17, 15) is 4.79 Å². The van der Waals surface area contributed by atoms with Crippen LogP contribution in [0.25, 0.3) is 0 Å². The Kier molecular flexibility index (Phi) is 2.86. The number of anilines is 1. The Balaban J connectivity index is 2.06. The minimum atomic E-state index is 0.220. The van der Waals surface area contributed by atoms with E-state index in [-0.39, 0.29) is 5.91 Å². The van der Waals surface area contributed by atoms with Gasteiger partial charge in [0.15, 0.2) is 0 Å². The van der Waals surface area contributed by atoms with E-state index in [2.05, 4.69) is 21.8 Å². The number of carbonyl (C=O) groups excluding carboxylic acids is 1. The fourth-order valence-corrected chi connectivity index (χ4v) is 2.33. The molecule has 1 aromatic rings. The molecule has 0 spiro atoms. The third-order valence-corrected chi connectivity index (χ3v) is 3.32. The summed E-state index contributed by atoms with van der Waals surface area (Å²) in [6, 6.07) is 0. The van der Waals surface area contributed by atoms with Crippen molar-refractivity contribution in [2.24, 2.45) is 5.92 Å². The van der Waals surface area contributed by atoms with Crippen LogP contribution in [-0.2, 0) is 11.3 Å². The zero-order valence-electron chi connectivity index (χ0n) is 8.86. The van der Waals surface area contributed by atoms with Crippen molar-refractivity contribution in [2.45, 2.75) is 19.9 Å². The average Bonchev–Trinajstić information content (AvgIpc) is 2.74. The molecule has 0 radical (unpaired) electrons. The fraction of sp³-hybridized carbons (Fsp3) is 0.667. The van der Waals surface area contributed by atoms with Gasteiger partial charge in [0.25, 0.3) is 0 Å². The highest BCUT2D eigenvalue weighted by Gasteiger charge is 2.27. The van der Waals surface area contributed by atoms with Gasteiger partial charge < -0.3 is 10.2 Å². The molecule has 1 fully saturated rings. The number of nitrogens with zero attached hydrogens (tertiary/aromatic N) is 3. The van der Waals surface area contributed by atoms with Gasteiger partial charge in [0.05, 0.1) is 6.54 Å². The lowest BCUT2D eigenvalue weighted by Gasteiger charge is -2.14. The number of hydrogen-bond donors (Lipinski definition) is 1. The molecule has 0 bridgehead atoms. The van der Waals surface area contributed by atoms with Gasteiger partial charge in [-0.1, -0.05) is 11.4 Å². The Bertz CT molecular complexity index is 365. The van der Waals surface area contributed by atoms with Gasteiger partial charge in [-0.25, -0.2) is 0 Å². The van der Waals surface area contributed by atoms with Crippen molar-refractivity contribution >= 4 is 22.4 Å². The van der Waals surface area contributed by atoms with Crippen LogP contribution in [0.4, 0.5) is 5.00 Å². The normalized spacial score (nSPS) is 21.1. The molecule has 0 aromatic carbocycles. The number of rotatable bonds is 3. The molecule has 15 heavy (non-hydrogen) atoms. The lowest BCUT2D eigenvalue weighted by Crippen LogP contribution is -2.25. The molecule has 6 heteroatoms. The Morgan fingerprint density at radius 2 is 2.47 bits per heavy atom. The van der Waals surface area contributed by atoms with Gasteiger partial charge in [-0.3, -0.25) is 4.79 Å². The van der Waals surface area contributed by atoms with Crippen LogP contribution in [0.1, 0.15) is 19.0 Å². The van der Waals surface area contributed by atoms with E-state index in [0.29, 0.717) is 18.9 Å². The van der Waals surface area contributed by atoms with Crippen LogP contribution in [0.15, 0.2) is 0 Å². The van der Waals surface area contributed by atoms with Crippen LogP contribution in [0.3, 0.4) is 0 Å². The molecule has 1 atom stereocenters. The highest BCUT2D eigenvalue weighted by atomic mass is 32.1. The lowest BCUT2D eigenvalue weighted by atomic mass is 10.2. The maximum atomic E-state index is 11.6. The van der Waals surface area contributed by atoms with Gasteiger partial charge in [0, 0.05) is 31.5 Å². The van der Waals surface area contributed by atoms with Gasteiger partial charge in [0.1, 0.15) is 10.7 Å². The zero-order chi connectivity index (χ0) is 10.8. The minimum absolute atomic E-state index is 0.220. The summed E-state index contributed by atoms with van der Waals surface area (Å²) in [7, 11) is 1.84. The molecule has 2 heterocycles. The molecule has 0 aliphatic carbocycles. The van der Waals surface area contributed by atoms with E-state index >= 15 is 0 Å². The zero-order valence-corrected chi connectivity index (χ0v) is 9.67. The van der Waals surface area contributed by atoms with Crippen molar-refractivity contribution in [1.29, 1.82) is 0 Å². The molecule has 1 amide bonds. The van der Waals surface area contributed by atoms with Gasteiger partial charge in [0.2, 0.25) is 5.91 Å². The van der Waals surface area contributed by atoms with Crippen LogP contribution in [0.5, 0.6) is 0 Å². The Morgan fingerprint density at radius 1 is 1.67 bits per heavy atom. The lowest BCUT2D eigenvalue weighted by molar-refractivity contribution is -0.128. The molecule has 1 saturated heterocycles. The first-order valence-corrected chi connectivity index (χ1v) is 5.74. The predicted molar refractivity (Wildman–Crippen MR) is 58.7 cm³/mol. The molecule has 5 nitrogen and oxygen atoms in total. The number of carbonyl (C=O) groups is 1. The molecular weight excluding hydrogens is 212 g/mol. The molecule has 1 N–H and O–H groups in total. The van der Waals surface area contributed by atoms with Crippen molar-refractivity contribution in [3.8, 4) is 0 Å². The monoisotopic (exact) mass is 226 g/mol. The van der Waals surface area contributed by atoms with Crippen LogP contribution in [0.2, 0.25) is 0 Å². The second-order valence-corrected chi connectivity index (χ2v) is 4.64. The molecule has 1 unspecified atom stereocenters. The summed E-state index contributed by atoms with van der Waals surface area (Å²) in [5.74, 6) is 0.680. The maximum absolute atomic E-state index is 11.6. The fourth-order valence-electron chi connectivity index (χ4n) is 1.81. The average molecular weight is 226 g/mol. The van der Waals surface area contributed by atoms with Gasteiger partial charge in [-0.15, -0.1) is 5.10 Å². The van der Waals surface area contributed by atoms with E-state index in [0.717, 1.165) is 17.2 Å². The van der Waals surface area contributed by atoms with Crippen molar-refractivity contribution in [3.05, 3.63) is 5.69 Å². The summed E-state index contributed by atoms with van der Waals surface area (Å²) in [4.78, 5) is 13.4. The highest BCUT2D eigenvalue weighted by molar-refractivity contribution is 7.10. The molecule has 82 valence electrons. The third kappa shape index (κ3) is 2.09. The van der Waals surface area contributed by atoms with E-state index in [1.54, 1.807) is 0 Å². The molecule has 2 rings (SSSR count). The van der Waals surface area contributed by atoms with Crippen LogP contribution in [-0.4, -0.2) is 34.0 Å². The molecular formula is C9H14N4OS. The highest BCUT2D eigenvalue weighted by Crippen LogP contribution is 2.23. The summed E-state index contributed by atoms with van der Waals surface area (Å²) >= 11 is 1.32. The minimum Gasteiger partial charge on any atom is -0.377 e. The Labute approximate surface area is 92.6 Å². The van der Waals surface area contributed by atoms with Gasteiger partial charge in [-0.2, -0.15) is 0 Å². The molecule has 0 saturated carbocycles. The first-order chi connectivity index (χ1) is 7.20. The van der Waals surface area contributed by atoms with Gasteiger partial charge >= 0.3 is 0 Å². The number of nitrogens with one attached hydrogen (secondary N) is 1. The van der Waals surface area contributed by atoms with Crippen molar-refractivity contribution < 1.29 is 4.79 Å². The smallest absolute Gasteiger partial charge is 0.223 e. The van der Waals surface area contributed by atoms with Crippen molar-refractivity contribution in [3.63, 3.8) is 0 Å². The van der Waals surface area contributed by atoms with E-state index in [4.69, 9.17) is 0 Å². The van der Waals surface area contributed by atoms with E-state index in [1.807, 2.05) is 11.9 Å². The second-order valence-electron chi connectivity index (χ2n) is 3.88. The summed E-state index contributed by atoms with van der Waals surface area (Å²) in [6.07, 6.45) is 0.659. The van der Waals surface area contributed by atoms with Crippen molar-refractivity contribution in [2.75, 3.05) is 18.9 Å². The third-order valence-electron chi connectivity index (χ3n) is 2.53. The molecule has 1 aliphatic rings. The standard InChI is InChI=1S/C9H14N4OS/c1-6-3-8(14)13(4-6)5-7-9(10-2)15-12-11-7/h6,10H,3-5H2,1-2H3. The molecule has 1 aliphatic heterocycles. The van der Waals surface area contributed by atoms with Crippen LogP contribution in [0, 0.1) is 5.92 Å². The number of amides is 1. The summed E-state index contributed by atoms with van der Waals surface area (Å²) in [5, 5.41) is 8.00. The summed E-state index contributed by atoms with van der Waals surface area (Å²) in [5.41, 5.74) is 0.866. The largest absolute Gasteiger partial charge is 0.377 e. The summed E-state index contributed by atoms with van der Waals surface area (Å²) in [6.45, 7) is 3.51. The number of likely N-dealkylation sites (tertiary alicyclic amines) is 1. The first kappa shape index (κ1) is 10.4. The summed E-state index contributed by atoms with van der Waals surface area (Å²) < 4.78 is 3.87. The van der Waals surface area contributed by atoms with E-state index in [1.165, 1.54) is 11.5 Å². The first-order valence-electron chi connectivity index (χ1n) is 4.97. The van der Waals surface area contributed by atoms with E-state index < -0.39 is 0 Å². The Morgan fingerprint density at radius 3 is 3.07 bits per heavy atom. The second kappa shape index (κ2) is 4.14.